The van der Waals surface area contributed by atoms with Crippen LogP contribution >= 0.6 is 11.3 Å². The number of aromatic nitrogens is 1. The minimum Gasteiger partial charge on any atom is -0.484 e. The van der Waals surface area contributed by atoms with Gasteiger partial charge in [0, 0.05) is 30.4 Å². The van der Waals surface area contributed by atoms with Gasteiger partial charge in [0.2, 0.25) is 0 Å². The van der Waals surface area contributed by atoms with Crippen LogP contribution in [0.1, 0.15) is 10.4 Å². The van der Waals surface area contributed by atoms with Crippen LogP contribution in [0.25, 0.3) is 0 Å². The third-order valence-electron chi connectivity index (χ3n) is 3.76. The number of benzene rings is 1. The number of para-hydroxylation sites is 1. The fraction of sp³-hybridized carbons (Fsp3) is 0.200. The third kappa shape index (κ3) is 5.43. The molecular weight excluding hydrogens is 332 g/mol. The van der Waals surface area contributed by atoms with Gasteiger partial charge in [-0.1, -0.05) is 30.3 Å². The Morgan fingerprint density at radius 2 is 1.96 bits per heavy atom. The van der Waals surface area contributed by atoms with E-state index < -0.39 is 0 Å². The van der Waals surface area contributed by atoms with Gasteiger partial charge in [-0.3, -0.25) is 9.78 Å². The maximum atomic E-state index is 12.7. The van der Waals surface area contributed by atoms with Crippen molar-refractivity contribution in [3.63, 3.8) is 0 Å². The summed E-state index contributed by atoms with van der Waals surface area (Å²) < 4.78 is 5.62. The fourth-order valence-corrected chi connectivity index (χ4v) is 3.16. The maximum absolute atomic E-state index is 12.7. The van der Waals surface area contributed by atoms with E-state index in [4.69, 9.17) is 4.74 Å². The summed E-state index contributed by atoms with van der Waals surface area (Å²) in [5.41, 5.74) is 1.02. The van der Waals surface area contributed by atoms with Crippen LogP contribution in [0.2, 0.25) is 0 Å². The summed E-state index contributed by atoms with van der Waals surface area (Å²) in [5, 5.41) is 2.06. The predicted octanol–water partition coefficient (Wildman–Crippen LogP) is 3.79. The van der Waals surface area contributed by atoms with Crippen molar-refractivity contribution in [2.45, 2.75) is 13.0 Å². The number of rotatable bonds is 8. The van der Waals surface area contributed by atoms with Crippen LogP contribution in [-0.2, 0) is 17.8 Å². The second-order valence-electron chi connectivity index (χ2n) is 5.61. The molecule has 1 amide bonds. The number of thiophene rings is 1. The molecule has 0 N–H and O–H groups in total. The number of nitrogens with zero attached hydrogens (tertiary/aromatic N) is 2. The lowest BCUT2D eigenvalue weighted by molar-refractivity contribution is -0.134. The van der Waals surface area contributed by atoms with E-state index in [2.05, 4.69) is 16.4 Å². The van der Waals surface area contributed by atoms with Gasteiger partial charge in [-0.25, -0.2) is 0 Å². The molecule has 0 bridgehead atoms. The Hall–Kier alpha value is -2.66. The standard InChI is InChI=1S/C20H20N2O2S/c23-20(16-24-18-7-2-1-3-8-18)22(12-10-19-9-5-13-25-19)15-17-6-4-11-21-14-17/h1-9,11,13-14H,10,12,15-16H2. The highest BCUT2D eigenvalue weighted by Gasteiger charge is 2.15. The quantitative estimate of drug-likeness (QED) is 0.619. The molecule has 0 aliphatic heterocycles. The largest absolute Gasteiger partial charge is 0.484 e. The summed E-state index contributed by atoms with van der Waals surface area (Å²) in [6.45, 7) is 1.23. The zero-order valence-electron chi connectivity index (χ0n) is 13.9. The number of carbonyl (C=O) groups is 1. The van der Waals surface area contributed by atoms with Crippen LogP contribution in [0, 0.1) is 0 Å². The molecule has 0 aliphatic carbocycles. The molecule has 3 aromatic rings. The van der Waals surface area contributed by atoms with Crippen molar-refractivity contribution in [1.29, 1.82) is 0 Å². The Balaban J connectivity index is 1.62. The summed E-state index contributed by atoms with van der Waals surface area (Å²) in [4.78, 5) is 19.9. The lowest BCUT2D eigenvalue weighted by atomic mass is 10.2. The molecule has 0 unspecified atom stereocenters. The molecule has 2 heterocycles. The van der Waals surface area contributed by atoms with E-state index in [9.17, 15) is 4.79 Å². The van der Waals surface area contributed by atoms with Crippen molar-refractivity contribution >= 4 is 17.2 Å². The second kappa shape index (κ2) is 8.99. The van der Waals surface area contributed by atoms with Gasteiger partial charge in [0.25, 0.3) is 5.91 Å². The topological polar surface area (TPSA) is 42.4 Å². The Kier molecular flexibility index (Phi) is 6.17. The molecule has 128 valence electrons. The van der Waals surface area contributed by atoms with E-state index >= 15 is 0 Å². The highest BCUT2D eigenvalue weighted by atomic mass is 32.1. The van der Waals surface area contributed by atoms with E-state index in [1.807, 2.05) is 53.4 Å². The first-order valence-electron chi connectivity index (χ1n) is 8.18. The van der Waals surface area contributed by atoms with Gasteiger partial charge in [-0.05, 0) is 41.6 Å². The van der Waals surface area contributed by atoms with Gasteiger partial charge in [0.15, 0.2) is 6.61 Å². The average Bonchev–Trinajstić information content (AvgIpc) is 3.18. The number of amides is 1. The highest BCUT2D eigenvalue weighted by molar-refractivity contribution is 7.09. The van der Waals surface area contributed by atoms with E-state index in [1.54, 1.807) is 23.7 Å². The number of ether oxygens (including phenoxy) is 1. The van der Waals surface area contributed by atoms with Crippen LogP contribution in [0.5, 0.6) is 5.75 Å². The molecular formula is C20H20N2O2S. The SMILES string of the molecule is O=C(COc1ccccc1)N(CCc1cccs1)Cc1cccnc1. The lowest BCUT2D eigenvalue weighted by Gasteiger charge is -2.22. The van der Waals surface area contributed by atoms with Crippen molar-refractivity contribution in [3.05, 3.63) is 82.8 Å². The average molecular weight is 352 g/mol. The number of pyridine rings is 1. The molecule has 5 heteroatoms. The summed E-state index contributed by atoms with van der Waals surface area (Å²) in [7, 11) is 0. The Labute approximate surface area is 151 Å². The molecule has 0 atom stereocenters. The zero-order chi connectivity index (χ0) is 17.3. The first-order chi connectivity index (χ1) is 12.3. The van der Waals surface area contributed by atoms with Crippen LogP contribution in [0.4, 0.5) is 0 Å². The van der Waals surface area contributed by atoms with Gasteiger partial charge in [0.1, 0.15) is 5.75 Å². The monoisotopic (exact) mass is 352 g/mol. The van der Waals surface area contributed by atoms with Crippen LogP contribution < -0.4 is 4.74 Å². The van der Waals surface area contributed by atoms with Crippen molar-refractivity contribution in [2.24, 2.45) is 0 Å². The molecule has 0 spiro atoms. The highest BCUT2D eigenvalue weighted by Crippen LogP contribution is 2.13. The zero-order valence-corrected chi connectivity index (χ0v) is 14.7. The van der Waals surface area contributed by atoms with Gasteiger partial charge >= 0.3 is 0 Å². The molecule has 0 radical (unpaired) electrons. The molecule has 0 fully saturated rings. The third-order valence-corrected chi connectivity index (χ3v) is 4.70. The summed E-state index contributed by atoms with van der Waals surface area (Å²) in [6, 6.07) is 17.4. The van der Waals surface area contributed by atoms with Crippen molar-refractivity contribution in [1.82, 2.24) is 9.88 Å². The predicted molar refractivity (Wildman–Crippen MR) is 99.6 cm³/mol. The minimum absolute atomic E-state index is 0.0238. The number of hydrogen-bond acceptors (Lipinski definition) is 4. The first-order valence-corrected chi connectivity index (χ1v) is 9.06. The minimum atomic E-state index is -0.0238. The molecule has 1 aromatic carbocycles. The molecule has 0 aliphatic rings. The molecule has 3 rings (SSSR count). The Morgan fingerprint density at radius 1 is 1.08 bits per heavy atom. The Bertz CT molecular complexity index is 761. The van der Waals surface area contributed by atoms with Gasteiger partial charge < -0.3 is 9.64 Å². The smallest absolute Gasteiger partial charge is 0.260 e. The maximum Gasteiger partial charge on any atom is 0.260 e. The van der Waals surface area contributed by atoms with Crippen LogP contribution in [-0.4, -0.2) is 28.9 Å². The van der Waals surface area contributed by atoms with E-state index in [1.165, 1.54) is 4.88 Å². The van der Waals surface area contributed by atoms with Gasteiger partial charge in [0.05, 0.1) is 0 Å². The molecule has 25 heavy (non-hydrogen) atoms. The van der Waals surface area contributed by atoms with E-state index in [0.717, 1.165) is 12.0 Å². The van der Waals surface area contributed by atoms with Crippen molar-refractivity contribution in [3.8, 4) is 5.75 Å². The van der Waals surface area contributed by atoms with Crippen LogP contribution in [0.15, 0.2) is 72.4 Å². The van der Waals surface area contributed by atoms with Gasteiger partial charge in [-0.2, -0.15) is 0 Å². The van der Waals surface area contributed by atoms with Crippen molar-refractivity contribution in [2.75, 3.05) is 13.2 Å². The lowest BCUT2D eigenvalue weighted by Crippen LogP contribution is -2.36. The first kappa shape index (κ1) is 17.2. The molecule has 4 nitrogen and oxygen atoms in total. The number of carbonyl (C=O) groups excluding carboxylic acids is 1. The summed E-state index contributed by atoms with van der Waals surface area (Å²) >= 11 is 1.71. The molecule has 0 saturated carbocycles. The van der Waals surface area contributed by atoms with Crippen molar-refractivity contribution < 1.29 is 9.53 Å². The summed E-state index contributed by atoms with van der Waals surface area (Å²) in [5.74, 6) is 0.680. The van der Waals surface area contributed by atoms with Crippen LogP contribution in [0.3, 0.4) is 0 Å². The normalized spacial score (nSPS) is 10.4. The molecule has 0 saturated heterocycles. The second-order valence-corrected chi connectivity index (χ2v) is 6.64. The number of hydrogen-bond donors (Lipinski definition) is 0. The van der Waals surface area contributed by atoms with Gasteiger partial charge in [-0.15, -0.1) is 11.3 Å². The Morgan fingerprint density at radius 3 is 2.68 bits per heavy atom. The molecule has 2 aromatic heterocycles. The fourth-order valence-electron chi connectivity index (χ4n) is 2.46. The van der Waals surface area contributed by atoms with E-state index in [-0.39, 0.29) is 12.5 Å². The van der Waals surface area contributed by atoms with E-state index in [0.29, 0.717) is 18.8 Å². The summed E-state index contributed by atoms with van der Waals surface area (Å²) in [6.07, 6.45) is 4.37.